The first-order valence-electron chi connectivity index (χ1n) is 7.83. The predicted molar refractivity (Wildman–Crippen MR) is 84.6 cm³/mol. The highest BCUT2D eigenvalue weighted by Gasteiger charge is 2.26. The van der Waals surface area contributed by atoms with Crippen molar-refractivity contribution in [3.63, 3.8) is 0 Å². The molecule has 1 aliphatic heterocycles. The van der Waals surface area contributed by atoms with Gasteiger partial charge in [-0.1, -0.05) is 6.07 Å². The Hall–Kier alpha value is -2.17. The summed E-state index contributed by atoms with van der Waals surface area (Å²) >= 11 is 0. The molecule has 3 rings (SSSR count). The number of nitrogens with one attached hydrogen (secondary N) is 1. The van der Waals surface area contributed by atoms with E-state index in [0.717, 1.165) is 48.6 Å². The summed E-state index contributed by atoms with van der Waals surface area (Å²) in [4.78, 5) is 18.7. The number of amides is 1. The van der Waals surface area contributed by atoms with Crippen molar-refractivity contribution in [2.45, 2.75) is 39.0 Å². The van der Waals surface area contributed by atoms with Crippen molar-refractivity contribution in [3.8, 4) is 0 Å². The number of aromatic amines is 1. The van der Waals surface area contributed by atoms with Gasteiger partial charge in [0.25, 0.3) is 0 Å². The molecular formula is C17H22N4O. The van der Waals surface area contributed by atoms with Gasteiger partial charge in [-0.15, -0.1) is 0 Å². The molecule has 5 nitrogen and oxygen atoms in total. The number of hydrogen-bond acceptors (Lipinski definition) is 3. The van der Waals surface area contributed by atoms with Crippen LogP contribution in [0.4, 0.5) is 0 Å². The highest BCUT2D eigenvalue weighted by Crippen LogP contribution is 2.26. The van der Waals surface area contributed by atoms with Gasteiger partial charge in [0.1, 0.15) is 0 Å². The van der Waals surface area contributed by atoms with Crippen LogP contribution in [0.2, 0.25) is 0 Å². The molecule has 0 aliphatic carbocycles. The Labute approximate surface area is 130 Å². The first-order chi connectivity index (χ1) is 10.6. The van der Waals surface area contributed by atoms with Gasteiger partial charge < -0.3 is 4.90 Å². The number of rotatable bonds is 3. The number of H-pyrrole nitrogens is 1. The van der Waals surface area contributed by atoms with Crippen molar-refractivity contribution in [3.05, 3.63) is 47.0 Å². The second-order valence-corrected chi connectivity index (χ2v) is 6.14. The maximum Gasteiger partial charge on any atom is 0.227 e. The highest BCUT2D eigenvalue weighted by atomic mass is 16.2. The lowest BCUT2D eigenvalue weighted by Gasteiger charge is -2.32. The summed E-state index contributed by atoms with van der Waals surface area (Å²) in [6.07, 6.45) is 4.36. The van der Waals surface area contributed by atoms with Crippen molar-refractivity contribution in [1.29, 1.82) is 0 Å². The van der Waals surface area contributed by atoms with Crippen LogP contribution in [0.5, 0.6) is 0 Å². The molecule has 5 heteroatoms. The SMILES string of the molecule is Cc1ccc(CC(=O)N2CCC[C@@H](c3cc(C)[nH]n3)C2)cn1. The zero-order valence-corrected chi connectivity index (χ0v) is 13.2. The van der Waals surface area contributed by atoms with Gasteiger partial charge in [-0.2, -0.15) is 5.10 Å². The zero-order chi connectivity index (χ0) is 15.5. The van der Waals surface area contributed by atoms with Crippen LogP contribution < -0.4 is 0 Å². The van der Waals surface area contributed by atoms with Crippen LogP contribution in [0.15, 0.2) is 24.4 Å². The van der Waals surface area contributed by atoms with Gasteiger partial charge >= 0.3 is 0 Å². The molecule has 1 N–H and O–H groups in total. The molecule has 0 saturated carbocycles. The van der Waals surface area contributed by atoms with E-state index in [2.05, 4.69) is 21.2 Å². The first-order valence-corrected chi connectivity index (χ1v) is 7.83. The predicted octanol–water partition coefficient (Wildman–Crippen LogP) is 2.37. The summed E-state index contributed by atoms with van der Waals surface area (Å²) in [7, 11) is 0. The van der Waals surface area contributed by atoms with Crippen molar-refractivity contribution >= 4 is 5.91 Å². The maximum absolute atomic E-state index is 12.5. The van der Waals surface area contributed by atoms with E-state index >= 15 is 0 Å². The first kappa shape index (κ1) is 14.8. The Bertz CT molecular complexity index is 647. The van der Waals surface area contributed by atoms with Gasteiger partial charge in [-0.05, 0) is 44.4 Å². The van der Waals surface area contributed by atoms with Crippen LogP contribution in [0.1, 0.15) is 41.4 Å². The minimum absolute atomic E-state index is 0.183. The number of hydrogen-bond donors (Lipinski definition) is 1. The molecule has 2 aromatic rings. The van der Waals surface area contributed by atoms with Gasteiger partial charge in [0, 0.05) is 36.6 Å². The van der Waals surface area contributed by atoms with Gasteiger partial charge in [0.15, 0.2) is 0 Å². The molecule has 116 valence electrons. The van der Waals surface area contributed by atoms with Crippen LogP contribution in [0, 0.1) is 13.8 Å². The lowest BCUT2D eigenvalue weighted by atomic mass is 9.94. The smallest absolute Gasteiger partial charge is 0.227 e. The lowest BCUT2D eigenvalue weighted by Crippen LogP contribution is -2.40. The number of piperidine rings is 1. The molecule has 2 aromatic heterocycles. The fourth-order valence-electron chi connectivity index (χ4n) is 2.98. The van der Waals surface area contributed by atoms with Crippen LogP contribution >= 0.6 is 0 Å². The van der Waals surface area contributed by atoms with E-state index in [1.54, 1.807) is 6.20 Å². The molecule has 0 aromatic carbocycles. The van der Waals surface area contributed by atoms with Crippen LogP contribution in [0.25, 0.3) is 0 Å². The number of carbonyl (C=O) groups is 1. The molecule has 22 heavy (non-hydrogen) atoms. The molecule has 0 unspecified atom stereocenters. The average Bonchev–Trinajstić information content (AvgIpc) is 2.96. The minimum atomic E-state index is 0.183. The summed E-state index contributed by atoms with van der Waals surface area (Å²) in [5.74, 6) is 0.529. The molecule has 0 spiro atoms. The molecule has 1 atom stereocenters. The molecular weight excluding hydrogens is 276 g/mol. The summed E-state index contributed by atoms with van der Waals surface area (Å²) < 4.78 is 0. The number of pyridine rings is 1. The molecule has 1 aliphatic rings. The van der Waals surface area contributed by atoms with E-state index in [4.69, 9.17) is 0 Å². The van der Waals surface area contributed by atoms with Gasteiger partial charge in [-0.25, -0.2) is 0 Å². The number of likely N-dealkylation sites (tertiary alicyclic amines) is 1. The van der Waals surface area contributed by atoms with Gasteiger partial charge in [-0.3, -0.25) is 14.9 Å². The summed E-state index contributed by atoms with van der Waals surface area (Å²) in [5, 5.41) is 7.35. The third-order valence-corrected chi connectivity index (χ3v) is 4.25. The topological polar surface area (TPSA) is 61.9 Å². The Kier molecular flexibility index (Phi) is 4.22. The average molecular weight is 298 g/mol. The summed E-state index contributed by atoms with van der Waals surface area (Å²) in [5.41, 5.74) is 4.10. The summed E-state index contributed by atoms with van der Waals surface area (Å²) in [6.45, 7) is 5.57. The van der Waals surface area contributed by atoms with Crippen molar-refractivity contribution in [2.24, 2.45) is 0 Å². The Morgan fingerprint density at radius 1 is 1.41 bits per heavy atom. The second-order valence-electron chi connectivity index (χ2n) is 6.14. The maximum atomic E-state index is 12.5. The number of aryl methyl sites for hydroxylation is 2. The molecule has 0 bridgehead atoms. The third-order valence-electron chi connectivity index (χ3n) is 4.25. The number of nitrogens with zero attached hydrogens (tertiary/aromatic N) is 3. The quantitative estimate of drug-likeness (QED) is 0.946. The van der Waals surface area contributed by atoms with E-state index < -0.39 is 0 Å². The zero-order valence-electron chi connectivity index (χ0n) is 13.2. The molecule has 3 heterocycles. The van der Waals surface area contributed by atoms with E-state index in [1.807, 2.05) is 30.9 Å². The summed E-state index contributed by atoms with van der Waals surface area (Å²) in [6, 6.07) is 6.02. The normalized spacial score (nSPS) is 18.5. The fourth-order valence-corrected chi connectivity index (χ4v) is 2.98. The van der Waals surface area contributed by atoms with Crippen molar-refractivity contribution < 1.29 is 4.79 Å². The Balaban J connectivity index is 1.63. The second kappa shape index (κ2) is 6.30. The Morgan fingerprint density at radius 2 is 2.27 bits per heavy atom. The van der Waals surface area contributed by atoms with Gasteiger partial charge in [0.05, 0.1) is 12.1 Å². The Morgan fingerprint density at radius 3 is 2.95 bits per heavy atom. The molecule has 1 amide bonds. The standard InChI is InChI=1S/C17H22N4O/c1-12-5-6-14(10-18-12)9-17(22)21-7-3-4-15(11-21)16-8-13(2)19-20-16/h5-6,8,10,15H,3-4,7,9,11H2,1-2H3,(H,19,20)/t15-/m1/s1. The number of aromatic nitrogens is 3. The van der Waals surface area contributed by atoms with E-state index in [0.29, 0.717) is 12.3 Å². The highest BCUT2D eigenvalue weighted by molar-refractivity contribution is 5.78. The molecule has 1 saturated heterocycles. The number of carbonyl (C=O) groups excluding carboxylic acids is 1. The van der Waals surface area contributed by atoms with Crippen LogP contribution in [-0.4, -0.2) is 39.1 Å². The van der Waals surface area contributed by atoms with E-state index in [-0.39, 0.29) is 5.91 Å². The monoisotopic (exact) mass is 298 g/mol. The molecule has 0 radical (unpaired) electrons. The van der Waals surface area contributed by atoms with E-state index in [9.17, 15) is 4.79 Å². The molecule has 1 fully saturated rings. The lowest BCUT2D eigenvalue weighted by molar-refractivity contribution is -0.131. The van der Waals surface area contributed by atoms with E-state index in [1.165, 1.54) is 0 Å². The third kappa shape index (κ3) is 3.35. The van der Waals surface area contributed by atoms with Crippen LogP contribution in [-0.2, 0) is 11.2 Å². The minimum Gasteiger partial charge on any atom is -0.342 e. The van der Waals surface area contributed by atoms with Gasteiger partial charge in [0.2, 0.25) is 5.91 Å². The largest absolute Gasteiger partial charge is 0.342 e. The fraction of sp³-hybridized carbons (Fsp3) is 0.471. The van der Waals surface area contributed by atoms with Crippen molar-refractivity contribution in [2.75, 3.05) is 13.1 Å². The van der Waals surface area contributed by atoms with Crippen LogP contribution in [0.3, 0.4) is 0 Å². The van der Waals surface area contributed by atoms with Crippen molar-refractivity contribution in [1.82, 2.24) is 20.1 Å².